The maximum absolute atomic E-state index is 13.1. The molecule has 3 aromatic heterocycles. The molecule has 0 fully saturated rings. The van der Waals surface area contributed by atoms with Gasteiger partial charge in [0.1, 0.15) is 6.33 Å². The highest BCUT2D eigenvalue weighted by Crippen LogP contribution is 2.22. The average molecular weight is 346 g/mol. The molecule has 0 aliphatic heterocycles. The maximum Gasteiger partial charge on any atom is 0.258 e. The number of nitrogens with zero attached hydrogens (tertiary/aromatic N) is 6. The van der Waals surface area contributed by atoms with Crippen LogP contribution in [0.3, 0.4) is 0 Å². The molecule has 0 unspecified atom stereocenters. The fourth-order valence-electron chi connectivity index (χ4n) is 3.18. The third-order valence-electron chi connectivity index (χ3n) is 4.47. The number of anilines is 1. The number of pyridine rings is 1. The van der Waals surface area contributed by atoms with Gasteiger partial charge in [-0.3, -0.25) is 14.2 Å². The summed E-state index contributed by atoms with van der Waals surface area (Å²) in [5.74, 6) is -0.0752. The van der Waals surface area contributed by atoms with Gasteiger partial charge in [0.05, 0.1) is 28.1 Å². The first-order valence-corrected chi connectivity index (χ1v) is 8.43. The van der Waals surface area contributed by atoms with Crippen molar-refractivity contribution in [3.63, 3.8) is 0 Å². The second kappa shape index (κ2) is 6.18. The summed E-state index contributed by atoms with van der Waals surface area (Å²) < 4.78 is 1.88. The van der Waals surface area contributed by atoms with Crippen LogP contribution in [0.2, 0.25) is 0 Å². The summed E-state index contributed by atoms with van der Waals surface area (Å²) in [7, 11) is 0. The molecule has 0 aliphatic rings. The third-order valence-corrected chi connectivity index (χ3v) is 4.47. The predicted molar refractivity (Wildman–Crippen MR) is 99.3 cm³/mol. The Labute approximate surface area is 150 Å². The van der Waals surface area contributed by atoms with Gasteiger partial charge in [-0.1, -0.05) is 0 Å². The Kier molecular flexibility index (Phi) is 3.84. The summed E-state index contributed by atoms with van der Waals surface area (Å²) in [6.45, 7) is 6.30. The first-order valence-electron chi connectivity index (χ1n) is 8.43. The van der Waals surface area contributed by atoms with Crippen LogP contribution >= 0.6 is 0 Å². The van der Waals surface area contributed by atoms with Gasteiger partial charge >= 0.3 is 0 Å². The first kappa shape index (κ1) is 16.1. The van der Waals surface area contributed by atoms with Crippen LogP contribution in [0.5, 0.6) is 0 Å². The predicted octanol–water partition coefficient (Wildman–Crippen LogP) is 2.96. The molecule has 0 saturated heterocycles. The van der Waals surface area contributed by atoms with E-state index in [1.807, 2.05) is 55.5 Å². The number of aryl methyl sites for hydroxylation is 2. The van der Waals surface area contributed by atoms with E-state index in [1.54, 1.807) is 17.4 Å². The zero-order chi connectivity index (χ0) is 18.3. The SMILES string of the molecule is CCN(C(=O)c1ccc2c(c1)nc(C)c1nncn12)c1cccnc1C. The number of hydrogen-bond acceptors (Lipinski definition) is 5. The van der Waals surface area contributed by atoms with Crippen molar-refractivity contribution in [2.45, 2.75) is 20.8 Å². The number of hydrogen-bond donors (Lipinski definition) is 0. The van der Waals surface area contributed by atoms with E-state index in [1.165, 1.54) is 0 Å². The van der Waals surface area contributed by atoms with Gasteiger partial charge in [-0.15, -0.1) is 10.2 Å². The molecule has 0 spiro atoms. The Hall–Kier alpha value is -3.35. The number of carbonyl (C=O) groups is 1. The van der Waals surface area contributed by atoms with Crippen LogP contribution in [-0.2, 0) is 0 Å². The molecule has 130 valence electrons. The van der Waals surface area contributed by atoms with Crippen molar-refractivity contribution in [1.29, 1.82) is 0 Å². The van der Waals surface area contributed by atoms with Crippen molar-refractivity contribution in [2.75, 3.05) is 11.4 Å². The normalized spacial score (nSPS) is 11.2. The van der Waals surface area contributed by atoms with Gasteiger partial charge in [0.2, 0.25) is 0 Å². The van der Waals surface area contributed by atoms with Crippen LogP contribution < -0.4 is 4.90 Å². The van der Waals surface area contributed by atoms with E-state index in [4.69, 9.17) is 0 Å². The molecule has 4 rings (SSSR count). The lowest BCUT2D eigenvalue weighted by molar-refractivity contribution is 0.0988. The van der Waals surface area contributed by atoms with Gasteiger partial charge in [0.15, 0.2) is 5.65 Å². The molecule has 0 bridgehead atoms. The minimum absolute atomic E-state index is 0.0752. The van der Waals surface area contributed by atoms with Crippen LogP contribution in [0, 0.1) is 13.8 Å². The number of aromatic nitrogens is 5. The Bertz CT molecular complexity index is 1130. The molecule has 0 atom stereocenters. The smallest absolute Gasteiger partial charge is 0.258 e. The van der Waals surface area contributed by atoms with Gasteiger partial charge in [0, 0.05) is 18.3 Å². The van der Waals surface area contributed by atoms with E-state index in [0.717, 1.165) is 33.8 Å². The Morgan fingerprint density at radius 2 is 2.04 bits per heavy atom. The van der Waals surface area contributed by atoms with E-state index in [-0.39, 0.29) is 5.91 Å². The number of carbonyl (C=O) groups excluding carboxylic acids is 1. The molecule has 0 saturated carbocycles. The molecular weight excluding hydrogens is 328 g/mol. The van der Waals surface area contributed by atoms with Crippen LogP contribution in [0.1, 0.15) is 28.7 Å². The van der Waals surface area contributed by atoms with E-state index in [2.05, 4.69) is 20.2 Å². The van der Waals surface area contributed by atoms with Crippen molar-refractivity contribution in [1.82, 2.24) is 24.6 Å². The minimum Gasteiger partial charge on any atom is -0.307 e. The first-order chi connectivity index (χ1) is 12.6. The van der Waals surface area contributed by atoms with Crippen molar-refractivity contribution in [2.24, 2.45) is 0 Å². The monoisotopic (exact) mass is 346 g/mol. The lowest BCUT2D eigenvalue weighted by Crippen LogP contribution is -2.31. The molecule has 4 aromatic rings. The van der Waals surface area contributed by atoms with Crippen LogP contribution in [-0.4, -0.2) is 37.0 Å². The van der Waals surface area contributed by atoms with Crippen molar-refractivity contribution in [3.05, 3.63) is 59.8 Å². The molecule has 26 heavy (non-hydrogen) atoms. The molecule has 7 nitrogen and oxygen atoms in total. The van der Waals surface area contributed by atoms with Gasteiger partial charge in [-0.2, -0.15) is 0 Å². The molecule has 3 heterocycles. The molecular formula is C19H18N6O. The zero-order valence-corrected chi connectivity index (χ0v) is 14.8. The Morgan fingerprint density at radius 3 is 2.81 bits per heavy atom. The lowest BCUT2D eigenvalue weighted by atomic mass is 10.1. The number of fused-ring (bicyclic) bond motifs is 3. The molecule has 0 aliphatic carbocycles. The fourth-order valence-corrected chi connectivity index (χ4v) is 3.18. The standard InChI is InChI=1S/C19H18N6O/c1-4-24(16-6-5-9-20-12(16)2)19(26)14-7-8-17-15(10-14)22-13(3)18-23-21-11-25(17)18/h5-11H,4H2,1-3H3. The van der Waals surface area contributed by atoms with E-state index in [9.17, 15) is 4.79 Å². The second-order valence-corrected chi connectivity index (χ2v) is 6.08. The average Bonchev–Trinajstić information content (AvgIpc) is 3.14. The number of benzene rings is 1. The summed E-state index contributed by atoms with van der Waals surface area (Å²) in [6, 6.07) is 9.27. The third kappa shape index (κ3) is 2.48. The van der Waals surface area contributed by atoms with Crippen molar-refractivity contribution >= 4 is 28.3 Å². The molecule has 7 heteroatoms. The van der Waals surface area contributed by atoms with Crippen LogP contribution in [0.4, 0.5) is 5.69 Å². The largest absolute Gasteiger partial charge is 0.307 e. The van der Waals surface area contributed by atoms with Crippen molar-refractivity contribution < 1.29 is 4.79 Å². The van der Waals surface area contributed by atoms with Gasteiger partial charge < -0.3 is 4.90 Å². The zero-order valence-electron chi connectivity index (χ0n) is 14.8. The molecule has 1 amide bonds. The summed E-state index contributed by atoms with van der Waals surface area (Å²) >= 11 is 0. The highest BCUT2D eigenvalue weighted by molar-refractivity contribution is 6.07. The Morgan fingerprint density at radius 1 is 1.19 bits per heavy atom. The summed E-state index contributed by atoms with van der Waals surface area (Å²) in [5, 5.41) is 8.04. The topological polar surface area (TPSA) is 76.3 Å². The molecule has 0 N–H and O–H groups in total. The summed E-state index contributed by atoms with van der Waals surface area (Å²) in [5.41, 5.74) is 5.32. The molecule has 1 aromatic carbocycles. The molecule has 0 radical (unpaired) electrons. The number of rotatable bonds is 3. The summed E-state index contributed by atoms with van der Waals surface area (Å²) in [6.07, 6.45) is 3.38. The quantitative estimate of drug-likeness (QED) is 0.570. The minimum atomic E-state index is -0.0752. The maximum atomic E-state index is 13.1. The van der Waals surface area contributed by atoms with Crippen molar-refractivity contribution in [3.8, 4) is 0 Å². The second-order valence-electron chi connectivity index (χ2n) is 6.08. The highest BCUT2D eigenvalue weighted by Gasteiger charge is 2.19. The number of amides is 1. The highest BCUT2D eigenvalue weighted by atomic mass is 16.2. The summed E-state index contributed by atoms with van der Waals surface area (Å²) in [4.78, 5) is 23.7. The van der Waals surface area contributed by atoms with E-state index in [0.29, 0.717) is 12.1 Å². The van der Waals surface area contributed by atoms with Crippen LogP contribution in [0.25, 0.3) is 16.7 Å². The van der Waals surface area contributed by atoms with E-state index >= 15 is 0 Å². The van der Waals surface area contributed by atoms with Gasteiger partial charge in [-0.05, 0) is 51.1 Å². The Balaban J connectivity index is 1.81. The van der Waals surface area contributed by atoms with Gasteiger partial charge in [-0.25, -0.2) is 4.98 Å². The fraction of sp³-hybridized carbons (Fsp3) is 0.211. The van der Waals surface area contributed by atoms with Gasteiger partial charge in [0.25, 0.3) is 5.91 Å². The van der Waals surface area contributed by atoms with Crippen LogP contribution in [0.15, 0.2) is 42.9 Å². The van der Waals surface area contributed by atoms with E-state index < -0.39 is 0 Å². The lowest BCUT2D eigenvalue weighted by Gasteiger charge is -2.22.